The van der Waals surface area contributed by atoms with Gasteiger partial charge in [0.25, 0.3) is 11.5 Å². The Balaban J connectivity index is 2.89. The molecule has 2 heterocycles. The number of rotatable bonds is 1. The molecule has 0 radical (unpaired) electrons. The molecule has 0 bridgehead atoms. The van der Waals surface area contributed by atoms with Crippen LogP contribution in [0.3, 0.4) is 0 Å². The molecular weight excluding hydrogens is 184 g/mol. The molecule has 0 saturated heterocycles. The van der Waals surface area contributed by atoms with E-state index in [0.717, 1.165) is 6.20 Å². The number of carbonyl (C=O) groups excluding carboxylic acids is 1. The number of primary amides is 1. The molecule has 0 aliphatic rings. The van der Waals surface area contributed by atoms with E-state index < -0.39 is 11.5 Å². The standard InChI is InChI=1S/C8H6N4O2/c9-7(13)5-3-11-6-4-10-1-2-12(6)8(5)14/h1-4H,(H2,9,13). The van der Waals surface area contributed by atoms with E-state index >= 15 is 0 Å². The first-order valence-electron chi connectivity index (χ1n) is 3.81. The highest BCUT2D eigenvalue weighted by Crippen LogP contribution is 1.94. The summed E-state index contributed by atoms with van der Waals surface area (Å²) >= 11 is 0. The smallest absolute Gasteiger partial charge is 0.270 e. The maximum atomic E-state index is 11.6. The van der Waals surface area contributed by atoms with Crippen LogP contribution >= 0.6 is 0 Å². The van der Waals surface area contributed by atoms with Crippen LogP contribution < -0.4 is 11.3 Å². The number of aromatic nitrogens is 3. The van der Waals surface area contributed by atoms with Crippen molar-refractivity contribution in [2.24, 2.45) is 5.73 Å². The van der Waals surface area contributed by atoms with Crippen LogP contribution in [0.5, 0.6) is 0 Å². The molecule has 70 valence electrons. The van der Waals surface area contributed by atoms with Gasteiger partial charge in [-0.3, -0.25) is 19.0 Å². The lowest BCUT2D eigenvalue weighted by Gasteiger charge is -1.99. The summed E-state index contributed by atoms with van der Waals surface area (Å²) < 4.78 is 1.22. The van der Waals surface area contributed by atoms with Gasteiger partial charge in [-0.05, 0) is 0 Å². The minimum atomic E-state index is -0.784. The Hall–Kier alpha value is -2.24. The minimum absolute atomic E-state index is 0.131. The van der Waals surface area contributed by atoms with E-state index in [-0.39, 0.29) is 5.56 Å². The van der Waals surface area contributed by atoms with Crippen LogP contribution in [0, 0.1) is 0 Å². The molecule has 6 nitrogen and oxygen atoms in total. The highest BCUT2D eigenvalue weighted by molar-refractivity contribution is 5.92. The minimum Gasteiger partial charge on any atom is -0.365 e. The summed E-state index contributed by atoms with van der Waals surface area (Å²) in [5.41, 5.74) is 4.76. The van der Waals surface area contributed by atoms with Gasteiger partial charge in [-0.1, -0.05) is 0 Å². The largest absolute Gasteiger partial charge is 0.365 e. The Kier molecular flexibility index (Phi) is 1.74. The van der Waals surface area contributed by atoms with Gasteiger partial charge in [0.1, 0.15) is 5.56 Å². The van der Waals surface area contributed by atoms with E-state index in [9.17, 15) is 9.59 Å². The van der Waals surface area contributed by atoms with Crippen molar-refractivity contribution in [2.75, 3.05) is 0 Å². The van der Waals surface area contributed by atoms with Crippen LogP contribution in [0.1, 0.15) is 10.4 Å². The van der Waals surface area contributed by atoms with Crippen LogP contribution in [0.25, 0.3) is 5.65 Å². The van der Waals surface area contributed by atoms with Crippen molar-refractivity contribution in [1.29, 1.82) is 0 Å². The molecule has 0 unspecified atom stereocenters. The molecule has 0 saturated carbocycles. The molecule has 6 heteroatoms. The molecule has 0 aliphatic heterocycles. The van der Waals surface area contributed by atoms with Crippen LogP contribution in [0.4, 0.5) is 0 Å². The van der Waals surface area contributed by atoms with Gasteiger partial charge in [0.15, 0.2) is 5.65 Å². The Morgan fingerprint density at radius 2 is 2.21 bits per heavy atom. The maximum Gasteiger partial charge on any atom is 0.270 e. The first-order chi connectivity index (χ1) is 6.70. The molecule has 0 aromatic carbocycles. The number of hydrogen-bond acceptors (Lipinski definition) is 4. The normalized spacial score (nSPS) is 10.3. The van der Waals surface area contributed by atoms with Gasteiger partial charge in [0.05, 0.1) is 6.20 Å². The van der Waals surface area contributed by atoms with Gasteiger partial charge in [-0.25, -0.2) is 4.98 Å². The third-order valence-corrected chi connectivity index (χ3v) is 1.78. The van der Waals surface area contributed by atoms with E-state index in [1.165, 1.54) is 23.0 Å². The zero-order valence-electron chi connectivity index (χ0n) is 7.04. The summed E-state index contributed by atoms with van der Waals surface area (Å²) in [6.07, 6.45) is 5.44. The van der Waals surface area contributed by atoms with Crippen LogP contribution in [0.2, 0.25) is 0 Å². The quantitative estimate of drug-likeness (QED) is 0.636. The van der Waals surface area contributed by atoms with E-state index in [0.29, 0.717) is 5.65 Å². The van der Waals surface area contributed by atoms with E-state index in [2.05, 4.69) is 9.97 Å². The Morgan fingerprint density at radius 1 is 1.43 bits per heavy atom. The number of carbonyl (C=O) groups is 1. The van der Waals surface area contributed by atoms with Crippen molar-refractivity contribution in [3.63, 3.8) is 0 Å². The molecule has 0 aliphatic carbocycles. The van der Waals surface area contributed by atoms with Gasteiger partial charge >= 0.3 is 0 Å². The Labute approximate surface area is 78.0 Å². The van der Waals surface area contributed by atoms with Crippen molar-refractivity contribution in [2.45, 2.75) is 0 Å². The Bertz CT molecular complexity index is 561. The summed E-state index contributed by atoms with van der Waals surface area (Å²) in [4.78, 5) is 30.0. The first-order valence-corrected chi connectivity index (χ1v) is 3.81. The molecule has 0 atom stereocenters. The topological polar surface area (TPSA) is 90.3 Å². The fraction of sp³-hybridized carbons (Fsp3) is 0. The van der Waals surface area contributed by atoms with E-state index in [4.69, 9.17) is 5.73 Å². The maximum absolute atomic E-state index is 11.6. The molecule has 2 rings (SSSR count). The SMILES string of the molecule is NC(=O)c1cnc2cnccn2c1=O. The third-order valence-electron chi connectivity index (χ3n) is 1.78. The molecule has 2 aromatic rings. The number of fused-ring (bicyclic) bond motifs is 1. The zero-order chi connectivity index (χ0) is 10.1. The number of nitrogens with zero attached hydrogens (tertiary/aromatic N) is 3. The van der Waals surface area contributed by atoms with Crippen LogP contribution in [0.15, 0.2) is 29.6 Å². The van der Waals surface area contributed by atoms with Gasteiger partial charge in [-0.2, -0.15) is 0 Å². The monoisotopic (exact) mass is 190 g/mol. The first kappa shape index (κ1) is 8.36. The van der Waals surface area contributed by atoms with Gasteiger partial charge < -0.3 is 5.73 Å². The zero-order valence-corrected chi connectivity index (χ0v) is 7.04. The summed E-state index contributed by atoms with van der Waals surface area (Å²) in [7, 11) is 0. The Morgan fingerprint density at radius 3 is 2.93 bits per heavy atom. The molecule has 14 heavy (non-hydrogen) atoms. The van der Waals surface area contributed by atoms with Crippen molar-refractivity contribution in [3.8, 4) is 0 Å². The predicted octanol–water partition coefficient (Wildman–Crippen LogP) is -0.812. The fourth-order valence-corrected chi connectivity index (χ4v) is 1.11. The van der Waals surface area contributed by atoms with Crippen LogP contribution in [-0.2, 0) is 0 Å². The lowest BCUT2D eigenvalue weighted by molar-refractivity contribution is 0.0998. The number of hydrogen-bond donors (Lipinski definition) is 1. The van der Waals surface area contributed by atoms with Crippen LogP contribution in [-0.4, -0.2) is 20.3 Å². The lowest BCUT2D eigenvalue weighted by atomic mass is 10.3. The third kappa shape index (κ3) is 1.13. The highest BCUT2D eigenvalue weighted by Gasteiger charge is 2.08. The number of nitrogens with two attached hydrogens (primary N) is 1. The average molecular weight is 190 g/mol. The van der Waals surface area contributed by atoms with Crippen molar-refractivity contribution >= 4 is 11.6 Å². The fourth-order valence-electron chi connectivity index (χ4n) is 1.11. The summed E-state index contributed by atoms with van der Waals surface area (Å²) in [5, 5.41) is 0. The summed E-state index contributed by atoms with van der Waals surface area (Å²) in [5.74, 6) is -0.784. The van der Waals surface area contributed by atoms with E-state index in [1.54, 1.807) is 0 Å². The van der Waals surface area contributed by atoms with E-state index in [1.807, 2.05) is 0 Å². The number of amides is 1. The average Bonchev–Trinajstić information content (AvgIpc) is 2.18. The van der Waals surface area contributed by atoms with Crippen molar-refractivity contribution in [3.05, 3.63) is 40.7 Å². The highest BCUT2D eigenvalue weighted by atomic mass is 16.2. The van der Waals surface area contributed by atoms with Crippen molar-refractivity contribution in [1.82, 2.24) is 14.4 Å². The molecule has 0 fully saturated rings. The second-order valence-electron chi connectivity index (χ2n) is 2.65. The van der Waals surface area contributed by atoms with Gasteiger partial charge in [0, 0.05) is 18.6 Å². The molecular formula is C8H6N4O2. The van der Waals surface area contributed by atoms with Gasteiger partial charge in [0.2, 0.25) is 0 Å². The second-order valence-corrected chi connectivity index (χ2v) is 2.65. The summed E-state index contributed by atoms with van der Waals surface area (Å²) in [6, 6.07) is 0. The van der Waals surface area contributed by atoms with Crippen molar-refractivity contribution < 1.29 is 4.79 Å². The predicted molar refractivity (Wildman–Crippen MR) is 47.8 cm³/mol. The molecule has 1 amide bonds. The molecule has 2 aromatic heterocycles. The lowest BCUT2D eigenvalue weighted by Crippen LogP contribution is -2.26. The summed E-state index contributed by atoms with van der Waals surface area (Å²) in [6.45, 7) is 0. The van der Waals surface area contributed by atoms with Gasteiger partial charge in [-0.15, -0.1) is 0 Å². The molecule has 2 N–H and O–H groups in total. The molecule has 0 spiro atoms. The second kappa shape index (κ2) is 2.91.